The first-order valence-electron chi connectivity index (χ1n) is 7.31. The molecule has 1 unspecified atom stereocenters. The molecule has 3 rings (SSSR count). The molecule has 2 heterocycles. The molecule has 1 aromatic carbocycles. The minimum atomic E-state index is -3.55. The number of aromatic nitrogens is 1. The van der Waals surface area contributed by atoms with Gasteiger partial charge in [0.15, 0.2) is 0 Å². The standard InChI is InChI=1S/C16H17ClN2O3S/c1-12-4-2-7-16(18-12)22-14-8-9-19(11-14)23(20,21)15-6-3-5-13(17)10-15/h2-7,10,14H,8-9,11H2,1H3. The highest BCUT2D eigenvalue weighted by atomic mass is 35.5. The molecular formula is C16H17ClN2O3S. The van der Waals surface area contributed by atoms with E-state index in [4.69, 9.17) is 16.3 Å². The maximum atomic E-state index is 12.6. The Morgan fingerprint density at radius 2 is 2.04 bits per heavy atom. The van der Waals surface area contributed by atoms with Gasteiger partial charge < -0.3 is 4.74 Å². The van der Waals surface area contributed by atoms with Crippen LogP contribution in [0.1, 0.15) is 12.1 Å². The van der Waals surface area contributed by atoms with Crippen LogP contribution >= 0.6 is 11.6 Å². The second-order valence-electron chi connectivity index (χ2n) is 5.47. The van der Waals surface area contributed by atoms with Gasteiger partial charge in [-0.3, -0.25) is 0 Å². The Morgan fingerprint density at radius 3 is 2.78 bits per heavy atom. The van der Waals surface area contributed by atoms with Crippen LogP contribution in [0.15, 0.2) is 47.4 Å². The highest BCUT2D eigenvalue weighted by Gasteiger charge is 2.33. The van der Waals surface area contributed by atoms with Gasteiger partial charge in [-0.15, -0.1) is 0 Å². The number of aryl methyl sites for hydroxylation is 1. The van der Waals surface area contributed by atoms with Crippen molar-refractivity contribution < 1.29 is 13.2 Å². The van der Waals surface area contributed by atoms with Gasteiger partial charge in [-0.2, -0.15) is 4.31 Å². The van der Waals surface area contributed by atoms with E-state index in [1.165, 1.54) is 10.4 Å². The molecule has 1 atom stereocenters. The average molecular weight is 353 g/mol. The summed E-state index contributed by atoms with van der Waals surface area (Å²) in [5.74, 6) is 0.525. The van der Waals surface area contributed by atoms with Gasteiger partial charge in [-0.05, 0) is 37.6 Å². The molecule has 1 aromatic heterocycles. The molecule has 0 saturated carbocycles. The van der Waals surface area contributed by atoms with Crippen molar-refractivity contribution in [1.82, 2.24) is 9.29 Å². The number of ether oxygens (including phenoxy) is 1. The number of rotatable bonds is 4. The van der Waals surface area contributed by atoms with Gasteiger partial charge in [-0.1, -0.05) is 23.7 Å². The van der Waals surface area contributed by atoms with Crippen molar-refractivity contribution in [2.45, 2.75) is 24.3 Å². The molecule has 1 aliphatic rings. The van der Waals surface area contributed by atoms with Crippen LogP contribution in [0.25, 0.3) is 0 Å². The minimum Gasteiger partial charge on any atom is -0.473 e. The Morgan fingerprint density at radius 1 is 1.26 bits per heavy atom. The van der Waals surface area contributed by atoms with E-state index in [1.54, 1.807) is 24.3 Å². The van der Waals surface area contributed by atoms with Crippen LogP contribution in [0.5, 0.6) is 5.88 Å². The van der Waals surface area contributed by atoms with E-state index < -0.39 is 10.0 Å². The van der Waals surface area contributed by atoms with Crippen molar-refractivity contribution in [1.29, 1.82) is 0 Å². The van der Waals surface area contributed by atoms with E-state index in [2.05, 4.69) is 4.98 Å². The largest absolute Gasteiger partial charge is 0.473 e. The first-order chi connectivity index (χ1) is 10.9. The van der Waals surface area contributed by atoms with E-state index in [0.717, 1.165) is 5.69 Å². The molecule has 5 nitrogen and oxygen atoms in total. The summed E-state index contributed by atoms with van der Waals surface area (Å²) in [6.45, 7) is 2.62. The molecule has 2 aromatic rings. The Balaban J connectivity index is 1.72. The molecular weight excluding hydrogens is 336 g/mol. The lowest BCUT2D eigenvalue weighted by molar-refractivity contribution is 0.206. The van der Waals surface area contributed by atoms with E-state index >= 15 is 0 Å². The van der Waals surface area contributed by atoms with Gasteiger partial charge >= 0.3 is 0 Å². The number of sulfonamides is 1. The van der Waals surface area contributed by atoms with Gasteiger partial charge in [0.1, 0.15) is 6.10 Å². The molecule has 1 aliphatic heterocycles. The van der Waals surface area contributed by atoms with E-state index in [-0.39, 0.29) is 11.0 Å². The quantitative estimate of drug-likeness (QED) is 0.849. The lowest BCUT2D eigenvalue weighted by Crippen LogP contribution is -2.31. The Kier molecular flexibility index (Phi) is 4.57. The van der Waals surface area contributed by atoms with E-state index in [1.807, 2.05) is 19.1 Å². The third kappa shape index (κ3) is 3.65. The fourth-order valence-corrected chi connectivity index (χ4v) is 4.33. The Hall–Kier alpha value is -1.63. The van der Waals surface area contributed by atoms with Crippen LogP contribution in [0, 0.1) is 6.92 Å². The van der Waals surface area contributed by atoms with Crippen LogP contribution in [0.2, 0.25) is 5.02 Å². The Bertz CT molecular complexity index is 810. The molecule has 0 N–H and O–H groups in total. The summed E-state index contributed by atoms with van der Waals surface area (Å²) in [7, 11) is -3.55. The normalized spacial score (nSPS) is 19.0. The SMILES string of the molecule is Cc1cccc(OC2CCN(S(=O)(=O)c3cccc(Cl)c3)C2)n1. The highest BCUT2D eigenvalue weighted by molar-refractivity contribution is 7.89. The molecule has 1 fully saturated rings. The van der Waals surface area contributed by atoms with Gasteiger partial charge in [0, 0.05) is 23.3 Å². The van der Waals surface area contributed by atoms with Crippen molar-refractivity contribution in [3.8, 4) is 5.88 Å². The summed E-state index contributed by atoms with van der Waals surface area (Å²) in [4.78, 5) is 4.49. The van der Waals surface area contributed by atoms with Crippen molar-refractivity contribution in [3.05, 3.63) is 53.2 Å². The minimum absolute atomic E-state index is 0.196. The monoisotopic (exact) mass is 352 g/mol. The maximum absolute atomic E-state index is 12.6. The summed E-state index contributed by atoms with van der Waals surface area (Å²) in [5.41, 5.74) is 0.865. The fraction of sp³-hybridized carbons (Fsp3) is 0.312. The van der Waals surface area contributed by atoms with E-state index in [9.17, 15) is 8.42 Å². The number of hydrogen-bond acceptors (Lipinski definition) is 4. The predicted molar refractivity (Wildman–Crippen MR) is 88.2 cm³/mol. The second kappa shape index (κ2) is 6.47. The molecule has 0 aliphatic carbocycles. The number of benzene rings is 1. The summed E-state index contributed by atoms with van der Waals surface area (Å²) in [5, 5.41) is 0.405. The summed E-state index contributed by atoms with van der Waals surface area (Å²) in [6, 6.07) is 11.8. The summed E-state index contributed by atoms with van der Waals surface area (Å²) < 4.78 is 32.5. The molecule has 0 bridgehead atoms. The van der Waals surface area contributed by atoms with Crippen molar-refractivity contribution in [2.75, 3.05) is 13.1 Å². The zero-order valence-electron chi connectivity index (χ0n) is 12.6. The van der Waals surface area contributed by atoms with Crippen LogP contribution < -0.4 is 4.74 Å². The maximum Gasteiger partial charge on any atom is 0.243 e. The average Bonchev–Trinajstić information content (AvgIpc) is 2.96. The highest BCUT2D eigenvalue weighted by Crippen LogP contribution is 2.25. The topological polar surface area (TPSA) is 59.5 Å². The van der Waals surface area contributed by atoms with Gasteiger partial charge in [-0.25, -0.2) is 13.4 Å². The summed E-state index contributed by atoms with van der Waals surface area (Å²) in [6.07, 6.45) is 0.438. The molecule has 122 valence electrons. The molecule has 0 spiro atoms. The first kappa shape index (κ1) is 16.2. The van der Waals surface area contributed by atoms with Gasteiger partial charge in [0.2, 0.25) is 15.9 Å². The predicted octanol–water partition coefficient (Wildman–Crippen LogP) is 2.89. The van der Waals surface area contributed by atoms with Gasteiger partial charge in [0.05, 0.1) is 11.4 Å². The first-order valence-corrected chi connectivity index (χ1v) is 9.13. The molecule has 0 amide bonds. The summed E-state index contributed by atoms with van der Waals surface area (Å²) >= 11 is 5.89. The molecule has 1 saturated heterocycles. The molecule has 0 radical (unpaired) electrons. The van der Waals surface area contributed by atoms with Crippen molar-refractivity contribution in [3.63, 3.8) is 0 Å². The van der Waals surface area contributed by atoms with Gasteiger partial charge in [0.25, 0.3) is 0 Å². The van der Waals surface area contributed by atoms with Crippen molar-refractivity contribution in [2.24, 2.45) is 0 Å². The zero-order valence-corrected chi connectivity index (χ0v) is 14.2. The van der Waals surface area contributed by atoms with Crippen LogP contribution in [-0.4, -0.2) is 36.9 Å². The van der Waals surface area contributed by atoms with Crippen molar-refractivity contribution >= 4 is 21.6 Å². The number of hydrogen-bond donors (Lipinski definition) is 0. The number of halogens is 1. The Labute approximate surface area is 140 Å². The fourth-order valence-electron chi connectivity index (χ4n) is 2.54. The molecule has 7 heteroatoms. The van der Waals surface area contributed by atoms with E-state index in [0.29, 0.717) is 30.4 Å². The molecule has 23 heavy (non-hydrogen) atoms. The van der Waals surface area contributed by atoms with Crippen LogP contribution in [-0.2, 0) is 10.0 Å². The lowest BCUT2D eigenvalue weighted by Gasteiger charge is -2.17. The third-order valence-electron chi connectivity index (χ3n) is 3.69. The van der Waals surface area contributed by atoms with Crippen LogP contribution in [0.3, 0.4) is 0 Å². The smallest absolute Gasteiger partial charge is 0.243 e. The third-order valence-corrected chi connectivity index (χ3v) is 5.79. The number of nitrogens with zero attached hydrogens (tertiary/aromatic N) is 2. The lowest BCUT2D eigenvalue weighted by atomic mass is 10.3. The van der Waals surface area contributed by atoms with Crippen LogP contribution in [0.4, 0.5) is 0 Å². The second-order valence-corrected chi connectivity index (χ2v) is 7.84. The number of pyridine rings is 1. The zero-order chi connectivity index (χ0) is 16.4.